The van der Waals surface area contributed by atoms with Crippen molar-refractivity contribution in [2.24, 2.45) is 5.41 Å². The molecule has 3 aromatic carbocycles. The normalized spacial score (nSPS) is 11.8. The van der Waals surface area contributed by atoms with Gasteiger partial charge in [0.2, 0.25) is 0 Å². The Bertz CT molecular complexity index is 1460. The van der Waals surface area contributed by atoms with Gasteiger partial charge in [-0.3, -0.25) is 14.2 Å². The van der Waals surface area contributed by atoms with Crippen molar-refractivity contribution in [2.75, 3.05) is 13.7 Å². The van der Waals surface area contributed by atoms with E-state index in [1.807, 2.05) is 42.5 Å². The number of hydrogen-bond donors (Lipinski definition) is 3. The molecule has 0 fully saturated rings. The molecule has 0 spiro atoms. The summed E-state index contributed by atoms with van der Waals surface area (Å²) in [6.07, 6.45) is 0.515. The van der Waals surface area contributed by atoms with Gasteiger partial charge in [-0.2, -0.15) is 0 Å². The van der Waals surface area contributed by atoms with E-state index in [1.54, 1.807) is 26.2 Å². The molecule has 13 heteroatoms. The Kier molecular flexibility index (Phi) is 16.5. The van der Waals surface area contributed by atoms with Gasteiger partial charge in [0, 0.05) is 11.5 Å². The van der Waals surface area contributed by atoms with E-state index in [1.165, 1.54) is 6.07 Å². The van der Waals surface area contributed by atoms with Crippen molar-refractivity contribution >= 4 is 19.8 Å². The minimum Gasteiger partial charge on any atom is -0.756 e. The molecule has 1 unspecified atom stereocenters. The Morgan fingerprint density at radius 3 is 2.20 bits per heavy atom. The summed E-state index contributed by atoms with van der Waals surface area (Å²) < 4.78 is 40.1. The number of aliphatic carboxylic acids is 1. The molecule has 0 bridgehead atoms. The number of phosphoric acid groups is 1. The molecule has 0 aliphatic carbocycles. The van der Waals surface area contributed by atoms with Crippen LogP contribution in [0.1, 0.15) is 63.1 Å². The number of carboxylic acids is 1. The van der Waals surface area contributed by atoms with E-state index < -0.39 is 25.7 Å². The van der Waals surface area contributed by atoms with Crippen molar-refractivity contribution in [3.05, 3.63) is 83.2 Å². The smallest absolute Gasteiger partial charge is 0.756 e. The van der Waals surface area contributed by atoms with E-state index in [-0.39, 0.29) is 66.8 Å². The maximum Gasteiger partial charge on any atom is 1.00 e. The van der Waals surface area contributed by atoms with Crippen LogP contribution in [0.25, 0.3) is 11.1 Å². The topological polar surface area (TPSA) is 163 Å². The van der Waals surface area contributed by atoms with E-state index >= 15 is 0 Å². The minimum absolute atomic E-state index is 0. The largest absolute Gasteiger partial charge is 1.00 e. The third kappa shape index (κ3) is 15.4. The van der Waals surface area contributed by atoms with E-state index in [0.29, 0.717) is 23.5 Å². The average molecular weight is 657 g/mol. The third-order valence-electron chi connectivity index (χ3n) is 6.23. The van der Waals surface area contributed by atoms with Crippen LogP contribution in [-0.4, -0.2) is 40.5 Å². The van der Waals surface area contributed by atoms with Gasteiger partial charge in [-0.05, 0) is 71.3 Å². The fourth-order valence-corrected chi connectivity index (χ4v) is 4.52. The molecular weight excluding hydrogens is 617 g/mol. The summed E-state index contributed by atoms with van der Waals surface area (Å²) >= 11 is 0. The quantitative estimate of drug-likeness (QED) is 0.150. The third-order valence-corrected chi connectivity index (χ3v) is 6.23. The molecule has 0 aliphatic heterocycles. The number of carboxylic acid groups (broad SMARTS) is 1. The van der Waals surface area contributed by atoms with Gasteiger partial charge in [-0.1, -0.05) is 51.1 Å². The molecule has 0 saturated carbocycles. The second kappa shape index (κ2) is 18.4. The number of carbonyl (C=O) groups is 2. The number of carbonyl (C=O) groups excluding carboxylic acids is 1. The number of hydrogen-bond acceptors (Lipinski definition) is 7. The van der Waals surface area contributed by atoms with Gasteiger partial charge < -0.3 is 34.0 Å². The number of halogens is 1. The molecule has 45 heavy (non-hydrogen) atoms. The molecule has 0 amide bonds. The maximum atomic E-state index is 14.8. The van der Waals surface area contributed by atoms with Crippen molar-refractivity contribution in [3.8, 4) is 22.6 Å². The molecule has 3 N–H and O–H groups in total. The minimum atomic E-state index is -4.89. The first-order valence-corrected chi connectivity index (χ1v) is 15.3. The van der Waals surface area contributed by atoms with Crippen LogP contribution < -0.4 is 43.9 Å². The van der Waals surface area contributed by atoms with E-state index in [4.69, 9.17) is 33.5 Å². The van der Waals surface area contributed by atoms with Gasteiger partial charge in [0.25, 0.3) is 7.82 Å². The molecule has 1 atom stereocenters. The van der Waals surface area contributed by atoms with Crippen LogP contribution in [0.5, 0.6) is 11.5 Å². The number of ether oxygens (including phenoxy) is 3. The van der Waals surface area contributed by atoms with Crippen LogP contribution in [0.3, 0.4) is 0 Å². The van der Waals surface area contributed by atoms with Crippen LogP contribution in [0, 0.1) is 11.2 Å². The fraction of sp³-hybridized carbons (Fsp3) is 0.375. The summed E-state index contributed by atoms with van der Waals surface area (Å²) in [6.45, 7) is 8.58. The Balaban J connectivity index is 0.00000156. The summed E-state index contributed by atoms with van der Waals surface area (Å²) in [6, 6.07) is 17.7. The average Bonchev–Trinajstić information content (AvgIpc) is 2.90. The molecule has 0 radical (unpaired) electrons. The molecule has 10 nitrogen and oxygen atoms in total. The van der Waals surface area contributed by atoms with Crippen molar-refractivity contribution in [1.29, 1.82) is 0 Å². The number of benzene rings is 3. The SMILES string of the molecule is CCOC(=O)CC(CC(=O)O)c1cccc(COc2ccc(-c3cc(OC)ccc3F)c(CC(C)(C)C)c2)c1.O=P([O-])(O)O.[Na+]. The predicted octanol–water partition coefficient (Wildman–Crippen LogP) is 2.62. The zero-order valence-electron chi connectivity index (χ0n) is 26.4. The molecule has 3 rings (SSSR count). The van der Waals surface area contributed by atoms with Crippen LogP contribution in [0.15, 0.2) is 60.7 Å². The number of methoxy groups -OCH3 is 1. The summed E-state index contributed by atoms with van der Waals surface area (Å²) in [4.78, 5) is 46.4. The summed E-state index contributed by atoms with van der Waals surface area (Å²) in [5.74, 6) is -1.01. The Labute approximate surface area is 285 Å². The molecule has 0 aliphatic rings. The van der Waals surface area contributed by atoms with Crippen molar-refractivity contribution in [1.82, 2.24) is 0 Å². The van der Waals surface area contributed by atoms with Crippen LogP contribution in [-0.2, 0) is 31.9 Å². The zero-order chi connectivity index (χ0) is 33.1. The molecule has 0 heterocycles. The molecule has 0 aromatic heterocycles. The molecule has 0 saturated heterocycles. The standard InChI is InChI=1S/C32H37FO6.Na.H3O4P/c1-6-38-31(36)17-23(16-30(34)35)22-9-7-8-21(14-22)20-39-26-10-12-27(24(15-26)19-32(2,3)4)28-18-25(37-5)11-13-29(28)33;;1-5(2,3)4/h7-15,18,23H,6,16-17,19-20H2,1-5H3,(H,34,35);;(H3,1,2,3,4)/q;+1;/p-1. The first-order valence-electron chi connectivity index (χ1n) is 13.8. The monoisotopic (exact) mass is 656 g/mol. The predicted molar refractivity (Wildman–Crippen MR) is 161 cm³/mol. The fourth-order valence-electron chi connectivity index (χ4n) is 4.52. The van der Waals surface area contributed by atoms with E-state index in [0.717, 1.165) is 22.3 Å². The number of rotatable bonds is 12. The first kappa shape index (κ1) is 40.3. The van der Waals surface area contributed by atoms with Gasteiger partial charge in [-0.25, -0.2) is 4.39 Å². The Morgan fingerprint density at radius 2 is 1.62 bits per heavy atom. The van der Waals surface area contributed by atoms with E-state index in [2.05, 4.69) is 20.8 Å². The van der Waals surface area contributed by atoms with E-state index in [9.17, 15) is 19.1 Å². The number of esters is 1. The van der Waals surface area contributed by atoms with Crippen LogP contribution in [0.4, 0.5) is 4.39 Å². The molecular formula is C32H39FNaO10P. The molecule has 3 aromatic rings. The van der Waals surface area contributed by atoms with Crippen molar-refractivity contribution in [2.45, 2.75) is 59.5 Å². The maximum absolute atomic E-state index is 14.8. The van der Waals surface area contributed by atoms with Crippen LogP contribution in [0.2, 0.25) is 0 Å². The van der Waals surface area contributed by atoms with Gasteiger partial charge in [0.1, 0.15) is 23.9 Å². The Hall–Kier alpha value is -2.76. The second-order valence-electron chi connectivity index (χ2n) is 11.2. The Morgan fingerprint density at radius 1 is 0.978 bits per heavy atom. The summed E-state index contributed by atoms with van der Waals surface area (Å²) in [5, 5.41) is 9.36. The first-order chi connectivity index (χ1) is 20.5. The van der Waals surface area contributed by atoms with Crippen molar-refractivity contribution < 1.29 is 82.1 Å². The van der Waals surface area contributed by atoms with Gasteiger partial charge >= 0.3 is 41.5 Å². The van der Waals surface area contributed by atoms with Gasteiger partial charge in [0.05, 0.1) is 26.6 Å². The second-order valence-corrected chi connectivity index (χ2v) is 12.2. The molecule has 240 valence electrons. The zero-order valence-corrected chi connectivity index (χ0v) is 29.3. The van der Waals surface area contributed by atoms with Crippen molar-refractivity contribution in [3.63, 3.8) is 0 Å². The van der Waals surface area contributed by atoms with Gasteiger partial charge in [0.15, 0.2) is 0 Å². The summed E-state index contributed by atoms with van der Waals surface area (Å²) in [5.41, 5.74) is 3.74. The summed E-state index contributed by atoms with van der Waals surface area (Å²) in [7, 11) is -3.33. The van der Waals surface area contributed by atoms with Crippen LogP contribution >= 0.6 is 7.82 Å². The van der Waals surface area contributed by atoms with Gasteiger partial charge in [-0.15, -0.1) is 0 Å².